The van der Waals surface area contributed by atoms with Crippen LogP contribution in [0.4, 0.5) is 0 Å². The molecule has 188 valence electrons. The van der Waals surface area contributed by atoms with Crippen LogP contribution in [0.5, 0.6) is 11.5 Å². The van der Waals surface area contributed by atoms with Gasteiger partial charge >= 0.3 is 17.9 Å². The average Bonchev–Trinajstić information content (AvgIpc) is 3.20. The van der Waals surface area contributed by atoms with Gasteiger partial charge in [-0.15, -0.1) is 0 Å². The van der Waals surface area contributed by atoms with Crippen LogP contribution in [0.2, 0.25) is 0 Å². The number of cyclic esters (lactones) is 1. The van der Waals surface area contributed by atoms with Gasteiger partial charge in [0.15, 0.2) is 12.0 Å². The fourth-order valence-corrected chi connectivity index (χ4v) is 4.47. The topological polar surface area (TPSA) is 101 Å². The van der Waals surface area contributed by atoms with Crippen LogP contribution in [0.1, 0.15) is 67.1 Å². The maximum absolute atomic E-state index is 12.4. The van der Waals surface area contributed by atoms with Gasteiger partial charge in [-0.2, -0.15) is 0 Å². The minimum Gasteiger partial charge on any atom is -0.496 e. The number of benzene rings is 1. The molecule has 34 heavy (non-hydrogen) atoms. The first-order chi connectivity index (χ1) is 16.2. The molecular weight excluding hydrogens is 442 g/mol. The van der Waals surface area contributed by atoms with Crippen LogP contribution in [0.3, 0.4) is 0 Å². The Morgan fingerprint density at radius 2 is 1.82 bits per heavy atom. The standard InChI is InChI=1S/C25H35NO8/c1-15(7-9-21(28)33-17(3)26-10-12-31-13-11-26)6-8-19-23(30-5)16(2)20-14-32-25(29)22(20)24(19)34-18(4)27/h15,17H,6-14H2,1-5H3. The molecule has 0 aromatic heterocycles. The summed E-state index contributed by atoms with van der Waals surface area (Å²) < 4.78 is 27.2. The number of hydrogen-bond acceptors (Lipinski definition) is 9. The zero-order chi connectivity index (χ0) is 24.8. The van der Waals surface area contributed by atoms with Crippen LogP contribution in [-0.2, 0) is 36.8 Å². The van der Waals surface area contributed by atoms with E-state index >= 15 is 0 Å². The molecular formula is C25H35NO8. The van der Waals surface area contributed by atoms with E-state index < -0.39 is 11.9 Å². The minimum atomic E-state index is -0.515. The summed E-state index contributed by atoms with van der Waals surface area (Å²) >= 11 is 0. The number of rotatable bonds is 10. The Hall–Kier alpha value is -2.65. The van der Waals surface area contributed by atoms with Crippen LogP contribution >= 0.6 is 0 Å². The molecule has 0 saturated carbocycles. The van der Waals surface area contributed by atoms with Gasteiger partial charge in [0, 0.05) is 37.6 Å². The summed E-state index contributed by atoms with van der Waals surface area (Å²) in [6, 6.07) is 0. The highest BCUT2D eigenvalue weighted by molar-refractivity contribution is 5.99. The largest absolute Gasteiger partial charge is 0.496 e. The van der Waals surface area contributed by atoms with E-state index in [0.29, 0.717) is 61.3 Å². The number of hydrogen-bond donors (Lipinski definition) is 0. The van der Waals surface area contributed by atoms with Gasteiger partial charge in [0.05, 0.1) is 20.3 Å². The van der Waals surface area contributed by atoms with E-state index in [0.717, 1.165) is 18.7 Å². The summed E-state index contributed by atoms with van der Waals surface area (Å²) in [5, 5.41) is 0. The second kappa shape index (κ2) is 11.7. The van der Waals surface area contributed by atoms with E-state index in [1.165, 1.54) is 6.92 Å². The highest BCUT2D eigenvalue weighted by Crippen LogP contribution is 2.43. The lowest BCUT2D eigenvalue weighted by Crippen LogP contribution is -2.44. The average molecular weight is 478 g/mol. The number of carbonyl (C=O) groups is 3. The van der Waals surface area contributed by atoms with Gasteiger partial charge in [-0.1, -0.05) is 6.92 Å². The first-order valence-corrected chi connectivity index (χ1v) is 11.8. The van der Waals surface area contributed by atoms with Crippen molar-refractivity contribution in [1.82, 2.24) is 4.90 Å². The summed E-state index contributed by atoms with van der Waals surface area (Å²) in [7, 11) is 1.56. The maximum atomic E-state index is 12.4. The van der Waals surface area contributed by atoms with E-state index in [-0.39, 0.29) is 30.5 Å². The van der Waals surface area contributed by atoms with Gasteiger partial charge in [0.25, 0.3) is 0 Å². The Labute approximate surface area is 200 Å². The summed E-state index contributed by atoms with van der Waals surface area (Å²) in [5.74, 6) is -0.220. The molecule has 3 rings (SSSR count). The third-order valence-electron chi connectivity index (χ3n) is 6.46. The van der Waals surface area contributed by atoms with Crippen molar-refractivity contribution >= 4 is 17.9 Å². The molecule has 1 aromatic rings. The van der Waals surface area contributed by atoms with E-state index in [1.807, 2.05) is 13.8 Å². The number of carbonyl (C=O) groups excluding carboxylic acids is 3. The minimum absolute atomic E-state index is 0.131. The summed E-state index contributed by atoms with van der Waals surface area (Å²) in [6.07, 6.45) is 1.94. The number of morpholine rings is 1. The van der Waals surface area contributed by atoms with Crippen molar-refractivity contribution in [3.63, 3.8) is 0 Å². The van der Waals surface area contributed by atoms with Gasteiger partial charge in [0.1, 0.15) is 17.9 Å². The predicted octanol–water partition coefficient (Wildman–Crippen LogP) is 3.17. The SMILES string of the molecule is COc1c(C)c2c(c(OC(C)=O)c1CCC(C)CCC(=O)OC(C)N1CCOCC1)C(=O)OC2. The zero-order valence-electron chi connectivity index (χ0n) is 20.7. The molecule has 0 radical (unpaired) electrons. The summed E-state index contributed by atoms with van der Waals surface area (Å²) in [6.45, 7) is 10.1. The highest BCUT2D eigenvalue weighted by atomic mass is 16.6. The third-order valence-corrected chi connectivity index (χ3v) is 6.46. The van der Waals surface area contributed by atoms with Gasteiger partial charge in [-0.3, -0.25) is 14.5 Å². The molecule has 9 heteroatoms. The molecule has 0 amide bonds. The normalized spacial score (nSPS) is 17.5. The second-order valence-electron chi connectivity index (χ2n) is 8.91. The monoisotopic (exact) mass is 477 g/mol. The molecule has 1 aromatic carbocycles. The molecule has 1 saturated heterocycles. The molecule has 2 aliphatic heterocycles. The van der Waals surface area contributed by atoms with Gasteiger partial charge < -0.3 is 23.7 Å². The first-order valence-electron chi connectivity index (χ1n) is 11.8. The van der Waals surface area contributed by atoms with E-state index in [9.17, 15) is 14.4 Å². The highest BCUT2D eigenvalue weighted by Gasteiger charge is 2.34. The molecule has 2 atom stereocenters. The fraction of sp³-hybridized carbons (Fsp3) is 0.640. The molecule has 9 nitrogen and oxygen atoms in total. The van der Waals surface area contributed by atoms with Crippen LogP contribution in [-0.4, -0.2) is 62.4 Å². The Balaban J connectivity index is 1.63. The predicted molar refractivity (Wildman–Crippen MR) is 123 cm³/mol. The lowest BCUT2D eigenvalue weighted by Gasteiger charge is -2.31. The molecule has 0 aliphatic carbocycles. The van der Waals surface area contributed by atoms with Crippen molar-refractivity contribution in [2.24, 2.45) is 5.92 Å². The van der Waals surface area contributed by atoms with Gasteiger partial charge in [-0.05, 0) is 44.6 Å². The molecule has 1 fully saturated rings. The smallest absolute Gasteiger partial charge is 0.342 e. The Morgan fingerprint density at radius 3 is 2.47 bits per heavy atom. The van der Waals surface area contributed by atoms with Crippen LogP contribution < -0.4 is 9.47 Å². The Morgan fingerprint density at radius 1 is 1.12 bits per heavy atom. The van der Waals surface area contributed by atoms with Crippen molar-refractivity contribution in [3.05, 3.63) is 22.3 Å². The summed E-state index contributed by atoms with van der Waals surface area (Å²) in [4.78, 5) is 38.6. The third kappa shape index (κ3) is 6.07. The lowest BCUT2D eigenvalue weighted by molar-refractivity contribution is -0.161. The lowest BCUT2D eigenvalue weighted by atomic mass is 9.91. The number of ether oxygens (including phenoxy) is 5. The van der Waals surface area contributed by atoms with E-state index in [1.54, 1.807) is 7.11 Å². The fourth-order valence-electron chi connectivity index (χ4n) is 4.47. The Kier molecular flexibility index (Phi) is 8.90. The second-order valence-corrected chi connectivity index (χ2v) is 8.91. The molecule has 2 unspecified atom stereocenters. The van der Waals surface area contributed by atoms with E-state index in [2.05, 4.69) is 11.8 Å². The van der Waals surface area contributed by atoms with Crippen molar-refractivity contribution < 1.29 is 38.1 Å². The van der Waals surface area contributed by atoms with Crippen molar-refractivity contribution in [2.45, 2.75) is 66.2 Å². The van der Waals surface area contributed by atoms with Crippen molar-refractivity contribution in [3.8, 4) is 11.5 Å². The Bertz CT molecular complexity index is 922. The van der Waals surface area contributed by atoms with Crippen LogP contribution in [0.15, 0.2) is 0 Å². The van der Waals surface area contributed by atoms with Crippen molar-refractivity contribution in [1.29, 1.82) is 0 Å². The molecule has 0 N–H and O–H groups in total. The van der Waals surface area contributed by atoms with Gasteiger partial charge in [-0.25, -0.2) is 4.79 Å². The maximum Gasteiger partial charge on any atom is 0.342 e. The molecule has 0 spiro atoms. The van der Waals surface area contributed by atoms with Crippen LogP contribution in [0.25, 0.3) is 0 Å². The first kappa shape index (κ1) is 26.0. The van der Waals surface area contributed by atoms with Crippen LogP contribution in [0, 0.1) is 12.8 Å². The molecule has 2 aliphatic rings. The summed E-state index contributed by atoms with van der Waals surface area (Å²) in [5.41, 5.74) is 2.47. The molecule has 2 heterocycles. The number of fused-ring (bicyclic) bond motifs is 1. The van der Waals surface area contributed by atoms with Crippen molar-refractivity contribution in [2.75, 3.05) is 33.4 Å². The number of nitrogens with zero attached hydrogens (tertiary/aromatic N) is 1. The molecule has 0 bridgehead atoms. The number of methoxy groups -OCH3 is 1. The number of esters is 3. The van der Waals surface area contributed by atoms with E-state index in [4.69, 9.17) is 23.7 Å². The quantitative estimate of drug-likeness (QED) is 0.371. The zero-order valence-corrected chi connectivity index (χ0v) is 20.7. The van der Waals surface area contributed by atoms with Gasteiger partial charge in [0.2, 0.25) is 0 Å².